The zero-order chi connectivity index (χ0) is 9.84. The van der Waals surface area contributed by atoms with Gasteiger partial charge >= 0.3 is 0 Å². The van der Waals surface area contributed by atoms with Gasteiger partial charge in [0.2, 0.25) is 5.88 Å². The highest BCUT2D eigenvalue weighted by atomic mass is 19.1. The summed E-state index contributed by atoms with van der Waals surface area (Å²) in [6.45, 7) is -0.487. The molecule has 0 unspecified atom stereocenters. The van der Waals surface area contributed by atoms with Crippen molar-refractivity contribution in [2.75, 3.05) is 14.2 Å². The SMILES string of the molecule is COc1cc(OC)c(F)c(CO)n1. The molecule has 13 heavy (non-hydrogen) atoms. The minimum absolute atomic E-state index is 0.0101. The number of hydrogen-bond donors (Lipinski definition) is 1. The molecule has 0 bridgehead atoms. The molecule has 0 fully saturated rings. The van der Waals surface area contributed by atoms with Gasteiger partial charge in [-0.05, 0) is 0 Å². The van der Waals surface area contributed by atoms with E-state index in [0.29, 0.717) is 0 Å². The third-order valence-electron chi connectivity index (χ3n) is 1.55. The molecule has 72 valence electrons. The number of aliphatic hydroxyl groups excluding tert-OH is 1. The lowest BCUT2D eigenvalue weighted by molar-refractivity contribution is 0.262. The molecule has 0 aliphatic rings. The lowest BCUT2D eigenvalue weighted by atomic mass is 10.3. The van der Waals surface area contributed by atoms with E-state index in [1.54, 1.807) is 0 Å². The molecular weight excluding hydrogens is 177 g/mol. The number of ether oxygens (including phenoxy) is 2. The first kappa shape index (κ1) is 9.73. The maximum absolute atomic E-state index is 13.2. The number of hydrogen-bond acceptors (Lipinski definition) is 4. The van der Waals surface area contributed by atoms with Crippen LogP contribution in [0, 0.1) is 5.82 Å². The molecule has 1 aromatic heterocycles. The molecule has 4 nitrogen and oxygen atoms in total. The third kappa shape index (κ3) is 1.86. The first-order valence-corrected chi connectivity index (χ1v) is 3.61. The van der Waals surface area contributed by atoms with Crippen LogP contribution in [0.15, 0.2) is 6.07 Å². The van der Waals surface area contributed by atoms with Crippen LogP contribution < -0.4 is 9.47 Å². The molecule has 0 aliphatic heterocycles. The van der Waals surface area contributed by atoms with E-state index in [2.05, 4.69) is 4.98 Å². The number of halogens is 1. The van der Waals surface area contributed by atoms with Crippen molar-refractivity contribution in [3.05, 3.63) is 17.6 Å². The van der Waals surface area contributed by atoms with E-state index in [9.17, 15) is 4.39 Å². The van der Waals surface area contributed by atoms with Crippen LogP contribution in [0.25, 0.3) is 0 Å². The van der Waals surface area contributed by atoms with Crippen molar-refractivity contribution in [1.29, 1.82) is 0 Å². The van der Waals surface area contributed by atoms with Crippen molar-refractivity contribution in [2.45, 2.75) is 6.61 Å². The molecule has 0 saturated carbocycles. The summed E-state index contributed by atoms with van der Waals surface area (Å²) in [7, 11) is 2.74. The van der Waals surface area contributed by atoms with Gasteiger partial charge in [0, 0.05) is 6.07 Å². The van der Waals surface area contributed by atoms with E-state index in [1.807, 2.05) is 0 Å². The van der Waals surface area contributed by atoms with Crippen molar-refractivity contribution in [3.8, 4) is 11.6 Å². The van der Waals surface area contributed by atoms with Gasteiger partial charge in [0.1, 0.15) is 5.69 Å². The third-order valence-corrected chi connectivity index (χ3v) is 1.55. The summed E-state index contributed by atoms with van der Waals surface area (Å²) < 4.78 is 22.7. The largest absolute Gasteiger partial charge is 0.493 e. The number of aromatic nitrogens is 1. The van der Waals surface area contributed by atoms with Gasteiger partial charge in [0.15, 0.2) is 11.6 Å². The van der Waals surface area contributed by atoms with Gasteiger partial charge in [0.05, 0.1) is 20.8 Å². The van der Waals surface area contributed by atoms with E-state index in [0.717, 1.165) is 0 Å². The molecule has 1 rings (SSSR count). The van der Waals surface area contributed by atoms with Gasteiger partial charge < -0.3 is 14.6 Å². The van der Waals surface area contributed by atoms with Crippen molar-refractivity contribution in [2.24, 2.45) is 0 Å². The Morgan fingerprint density at radius 1 is 1.46 bits per heavy atom. The second kappa shape index (κ2) is 4.04. The quantitative estimate of drug-likeness (QED) is 0.757. The highest BCUT2D eigenvalue weighted by Gasteiger charge is 2.12. The van der Waals surface area contributed by atoms with Gasteiger partial charge in [-0.1, -0.05) is 0 Å². The van der Waals surface area contributed by atoms with Crippen molar-refractivity contribution in [1.82, 2.24) is 4.98 Å². The molecule has 0 aliphatic carbocycles. The normalized spacial score (nSPS) is 9.85. The van der Waals surface area contributed by atoms with Crippen LogP contribution in [-0.2, 0) is 6.61 Å². The zero-order valence-corrected chi connectivity index (χ0v) is 7.37. The predicted molar refractivity (Wildman–Crippen MR) is 43.2 cm³/mol. The topological polar surface area (TPSA) is 51.6 Å². The van der Waals surface area contributed by atoms with Crippen LogP contribution in [0.4, 0.5) is 4.39 Å². The number of methoxy groups -OCH3 is 2. The molecule has 0 aromatic carbocycles. The van der Waals surface area contributed by atoms with Crippen molar-refractivity contribution >= 4 is 0 Å². The van der Waals surface area contributed by atoms with Crippen molar-refractivity contribution < 1.29 is 19.0 Å². The van der Waals surface area contributed by atoms with Crippen LogP contribution >= 0.6 is 0 Å². The van der Waals surface area contributed by atoms with Crippen LogP contribution in [0.1, 0.15) is 5.69 Å². The molecule has 1 N–H and O–H groups in total. The molecular formula is C8H10FNO3. The maximum Gasteiger partial charge on any atom is 0.217 e. The standard InChI is InChI=1S/C8H10FNO3/c1-12-6-3-7(13-2)10-5(4-11)8(6)9/h3,11H,4H2,1-2H3. The summed E-state index contributed by atoms with van der Waals surface area (Å²) in [5.41, 5.74) is -0.0869. The van der Waals surface area contributed by atoms with Gasteiger partial charge in [-0.2, -0.15) is 0 Å². The Kier molecular flexibility index (Phi) is 3.02. The number of rotatable bonds is 3. The first-order valence-electron chi connectivity index (χ1n) is 3.61. The molecule has 1 aromatic rings. The van der Waals surface area contributed by atoms with E-state index in [1.165, 1.54) is 20.3 Å². The Balaban J connectivity index is 3.20. The number of nitrogens with zero attached hydrogens (tertiary/aromatic N) is 1. The molecule has 0 amide bonds. The molecule has 0 spiro atoms. The Bertz CT molecular complexity index is 278. The van der Waals surface area contributed by atoms with Gasteiger partial charge in [-0.25, -0.2) is 9.37 Å². The summed E-state index contributed by atoms with van der Waals surface area (Å²) in [5.74, 6) is -0.441. The van der Waals surface area contributed by atoms with Crippen LogP contribution in [-0.4, -0.2) is 24.3 Å². The van der Waals surface area contributed by atoms with E-state index in [4.69, 9.17) is 14.6 Å². The minimum Gasteiger partial charge on any atom is -0.493 e. The van der Waals surface area contributed by atoms with Crippen LogP contribution in [0.2, 0.25) is 0 Å². The van der Waals surface area contributed by atoms with Crippen LogP contribution in [0.5, 0.6) is 11.6 Å². The van der Waals surface area contributed by atoms with Gasteiger partial charge in [0.25, 0.3) is 0 Å². The van der Waals surface area contributed by atoms with Gasteiger partial charge in [-0.15, -0.1) is 0 Å². The summed E-state index contributed by atoms with van der Waals surface area (Å²) in [4.78, 5) is 3.69. The fraction of sp³-hybridized carbons (Fsp3) is 0.375. The Hall–Kier alpha value is -1.36. The average Bonchev–Trinajstić information content (AvgIpc) is 2.18. The Labute approximate surface area is 74.9 Å². The fourth-order valence-electron chi connectivity index (χ4n) is 0.890. The highest BCUT2D eigenvalue weighted by molar-refractivity contribution is 5.32. The van der Waals surface area contributed by atoms with Crippen LogP contribution in [0.3, 0.4) is 0 Å². The van der Waals surface area contributed by atoms with E-state index >= 15 is 0 Å². The smallest absolute Gasteiger partial charge is 0.217 e. The van der Waals surface area contributed by atoms with Gasteiger partial charge in [-0.3, -0.25) is 0 Å². The average molecular weight is 187 g/mol. The second-order valence-corrected chi connectivity index (χ2v) is 2.29. The number of pyridine rings is 1. The summed E-state index contributed by atoms with van der Waals surface area (Å²) in [6.07, 6.45) is 0. The molecule has 0 saturated heterocycles. The second-order valence-electron chi connectivity index (χ2n) is 2.29. The fourth-order valence-corrected chi connectivity index (χ4v) is 0.890. The Morgan fingerprint density at radius 3 is 2.62 bits per heavy atom. The van der Waals surface area contributed by atoms with Crippen molar-refractivity contribution in [3.63, 3.8) is 0 Å². The predicted octanol–water partition coefficient (Wildman–Crippen LogP) is 0.730. The zero-order valence-electron chi connectivity index (χ0n) is 7.37. The van der Waals surface area contributed by atoms with E-state index < -0.39 is 12.4 Å². The minimum atomic E-state index is -0.661. The number of aliphatic hydroxyl groups is 1. The molecule has 0 atom stereocenters. The lowest BCUT2D eigenvalue weighted by Crippen LogP contribution is -2.00. The summed E-state index contributed by atoms with van der Waals surface area (Å²) in [6, 6.07) is 1.31. The monoisotopic (exact) mass is 187 g/mol. The first-order chi connectivity index (χ1) is 6.22. The van der Waals surface area contributed by atoms with E-state index in [-0.39, 0.29) is 17.3 Å². The molecule has 0 radical (unpaired) electrons. The maximum atomic E-state index is 13.2. The summed E-state index contributed by atoms with van der Waals surface area (Å²) >= 11 is 0. The highest BCUT2D eigenvalue weighted by Crippen LogP contribution is 2.23. The Morgan fingerprint density at radius 2 is 2.15 bits per heavy atom. The lowest BCUT2D eigenvalue weighted by Gasteiger charge is -2.07. The summed E-state index contributed by atoms with van der Waals surface area (Å²) in [5, 5.41) is 8.74. The molecule has 1 heterocycles. The molecule has 5 heteroatoms.